The van der Waals surface area contributed by atoms with Crippen molar-refractivity contribution in [1.29, 1.82) is 0 Å². The summed E-state index contributed by atoms with van der Waals surface area (Å²) in [6, 6.07) is 0. The molecule has 102 valence electrons. The van der Waals surface area contributed by atoms with Crippen LogP contribution in [-0.4, -0.2) is 26.1 Å². The van der Waals surface area contributed by atoms with Gasteiger partial charge in [0.05, 0.1) is 11.1 Å². The summed E-state index contributed by atoms with van der Waals surface area (Å²) in [5, 5.41) is 12.1. The van der Waals surface area contributed by atoms with Crippen LogP contribution in [0.2, 0.25) is 0 Å². The van der Waals surface area contributed by atoms with Gasteiger partial charge in [-0.15, -0.1) is 10.2 Å². The molecule has 0 aliphatic heterocycles. The first-order chi connectivity index (χ1) is 8.12. The van der Waals surface area contributed by atoms with Crippen molar-refractivity contribution in [1.82, 2.24) is 20.2 Å². The predicted octanol–water partition coefficient (Wildman–Crippen LogP) is 1.79. The molecule has 1 heterocycles. The normalized spacial score (nSPS) is 23.0. The third kappa shape index (κ3) is 2.50. The Balaban J connectivity index is 2.19. The summed E-state index contributed by atoms with van der Waals surface area (Å²) in [5.74, 6) is -2.24. The Bertz CT molecular complexity index is 425. The number of rotatable bonds is 1. The lowest BCUT2D eigenvalue weighted by Gasteiger charge is -2.34. The lowest BCUT2D eigenvalue weighted by atomic mass is 9.80. The minimum absolute atomic E-state index is 0.190. The van der Waals surface area contributed by atoms with Gasteiger partial charge in [-0.3, -0.25) is 0 Å². The number of alkyl halides is 2. The highest BCUT2D eigenvalue weighted by Gasteiger charge is 2.44. The third-order valence-electron chi connectivity index (χ3n) is 3.33. The quantitative estimate of drug-likeness (QED) is 0.834. The van der Waals surface area contributed by atoms with Crippen LogP contribution in [0, 0.1) is 0 Å². The zero-order chi connectivity index (χ0) is 13.6. The summed E-state index contributed by atoms with van der Waals surface area (Å²) in [5.41, 5.74) is 4.99. The molecular formula is C11H19F2N5. The van der Waals surface area contributed by atoms with Gasteiger partial charge in [0, 0.05) is 12.8 Å². The van der Waals surface area contributed by atoms with Crippen LogP contribution in [0.3, 0.4) is 0 Å². The van der Waals surface area contributed by atoms with E-state index >= 15 is 0 Å². The van der Waals surface area contributed by atoms with E-state index in [9.17, 15) is 8.78 Å². The van der Waals surface area contributed by atoms with Crippen LogP contribution in [-0.2, 0) is 11.1 Å². The largest absolute Gasteiger partial charge is 0.319 e. The van der Waals surface area contributed by atoms with Crippen molar-refractivity contribution < 1.29 is 8.78 Å². The molecule has 0 aromatic carbocycles. The molecule has 1 fully saturated rings. The Labute approximate surface area is 105 Å². The van der Waals surface area contributed by atoms with Crippen LogP contribution in [0.4, 0.5) is 8.78 Å². The number of hydrogen-bond donors (Lipinski definition) is 1. The molecule has 1 aromatic heterocycles. The standard InChI is InChI=1S/C11H19F2N5/c1-9(2,3)18-16-8(15-17-18)10(14)4-6-11(12,13)7-5-10/h4-7,14H2,1-3H3. The number of nitrogens with two attached hydrogens (primary N) is 1. The summed E-state index contributed by atoms with van der Waals surface area (Å²) in [6.07, 6.45) is -0.0488. The molecule has 0 radical (unpaired) electrons. The van der Waals surface area contributed by atoms with E-state index in [4.69, 9.17) is 5.73 Å². The first-order valence-electron chi connectivity index (χ1n) is 6.10. The molecule has 5 nitrogen and oxygen atoms in total. The third-order valence-corrected chi connectivity index (χ3v) is 3.33. The molecule has 1 aliphatic rings. The molecule has 2 N–H and O–H groups in total. The van der Waals surface area contributed by atoms with Crippen LogP contribution < -0.4 is 5.73 Å². The van der Waals surface area contributed by atoms with Gasteiger partial charge < -0.3 is 5.73 Å². The van der Waals surface area contributed by atoms with E-state index in [0.29, 0.717) is 5.82 Å². The number of hydrogen-bond acceptors (Lipinski definition) is 4. The van der Waals surface area contributed by atoms with Gasteiger partial charge in [-0.2, -0.15) is 4.80 Å². The van der Waals surface area contributed by atoms with Crippen LogP contribution >= 0.6 is 0 Å². The lowest BCUT2D eigenvalue weighted by molar-refractivity contribution is -0.0525. The summed E-state index contributed by atoms with van der Waals surface area (Å²) in [7, 11) is 0. The molecule has 0 atom stereocenters. The predicted molar refractivity (Wildman–Crippen MR) is 62.1 cm³/mol. The Morgan fingerprint density at radius 2 is 1.72 bits per heavy atom. The van der Waals surface area contributed by atoms with E-state index in [-0.39, 0.29) is 31.2 Å². The minimum atomic E-state index is -2.61. The van der Waals surface area contributed by atoms with Crippen molar-refractivity contribution in [3.63, 3.8) is 0 Å². The van der Waals surface area contributed by atoms with Crippen molar-refractivity contribution >= 4 is 0 Å². The van der Waals surface area contributed by atoms with Crippen molar-refractivity contribution in [3.8, 4) is 0 Å². The molecule has 1 aromatic rings. The van der Waals surface area contributed by atoms with E-state index in [0.717, 1.165) is 0 Å². The van der Waals surface area contributed by atoms with Crippen molar-refractivity contribution in [3.05, 3.63) is 5.82 Å². The Morgan fingerprint density at radius 1 is 1.17 bits per heavy atom. The highest BCUT2D eigenvalue weighted by molar-refractivity contribution is 5.05. The van der Waals surface area contributed by atoms with Crippen LogP contribution in [0.5, 0.6) is 0 Å². The lowest BCUT2D eigenvalue weighted by Crippen LogP contribution is -2.44. The number of nitrogens with zero attached hydrogens (tertiary/aromatic N) is 4. The smallest absolute Gasteiger partial charge is 0.248 e. The second kappa shape index (κ2) is 3.94. The summed E-state index contributed by atoms with van der Waals surface area (Å²) in [4.78, 5) is 1.48. The minimum Gasteiger partial charge on any atom is -0.319 e. The molecule has 0 amide bonds. The molecule has 1 aliphatic carbocycles. The molecule has 18 heavy (non-hydrogen) atoms. The van der Waals surface area contributed by atoms with E-state index in [1.807, 2.05) is 20.8 Å². The van der Waals surface area contributed by atoms with Crippen LogP contribution in [0.15, 0.2) is 0 Å². The molecule has 0 saturated heterocycles. The summed E-state index contributed by atoms with van der Waals surface area (Å²) >= 11 is 0. The van der Waals surface area contributed by atoms with Crippen LogP contribution in [0.1, 0.15) is 52.3 Å². The maximum Gasteiger partial charge on any atom is 0.248 e. The highest BCUT2D eigenvalue weighted by atomic mass is 19.3. The second-order valence-electron chi connectivity index (χ2n) is 6.09. The fourth-order valence-corrected chi connectivity index (χ4v) is 1.98. The molecular weight excluding hydrogens is 240 g/mol. The zero-order valence-corrected chi connectivity index (χ0v) is 11.0. The van der Waals surface area contributed by atoms with Gasteiger partial charge in [-0.25, -0.2) is 8.78 Å². The molecule has 0 spiro atoms. The van der Waals surface area contributed by atoms with Crippen LogP contribution in [0.25, 0.3) is 0 Å². The van der Waals surface area contributed by atoms with Gasteiger partial charge in [0.1, 0.15) is 0 Å². The molecule has 0 unspecified atom stereocenters. The van der Waals surface area contributed by atoms with Gasteiger partial charge >= 0.3 is 0 Å². The number of tetrazole rings is 1. The van der Waals surface area contributed by atoms with Crippen molar-refractivity contribution in [2.24, 2.45) is 5.73 Å². The number of aromatic nitrogens is 4. The van der Waals surface area contributed by atoms with Gasteiger partial charge in [-0.1, -0.05) is 0 Å². The highest BCUT2D eigenvalue weighted by Crippen LogP contribution is 2.41. The maximum atomic E-state index is 13.1. The first-order valence-corrected chi connectivity index (χ1v) is 6.10. The zero-order valence-electron chi connectivity index (χ0n) is 11.0. The van der Waals surface area contributed by atoms with E-state index in [2.05, 4.69) is 15.4 Å². The van der Waals surface area contributed by atoms with Gasteiger partial charge in [0.15, 0.2) is 5.82 Å². The Kier molecular flexibility index (Phi) is 2.92. The fourth-order valence-electron chi connectivity index (χ4n) is 1.98. The number of halogens is 2. The fraction of sp³-hybridized carbons (Fsp3) is 0.909. The van der Waals surface area contributed by atoms with E-state index in [1.165, 1.54) is 4.80 Å². The Morgan fingerprint density at radius 3 is 2.17 bits per heavy atom. The summed E-state index contributed by atoms with van der Waals surface area (Å²) < 4.78 is 26.3. The van der Waals surface area contributed by atoms with Gasteiger partial charge in [0.2, 0.25) is 5.92 Å². The SMILES string of the molecule is CC(C)(C)n1nnc(C2(N)CCC(F)(F)CC2)n1. The van der Waals surface area contributed by atoms with Gasteiger partial charge in [0.25, 0.3) is 0 Å². The molecule has 2 rings (SSSR count). The van der Waals surface area contributed by atoms with E-state index in [1.54, 1.807) is 0 Å². The average molecular weight is 259 g/mol. The maximum absolute atomic E-state index is 13.1. The van der Waals surface area contributed by atoms with Crippen molar-refractivity contribution in [2.45, 2.75) is 63.5 Å². The molecule has 0 bridgehead atoms. The first kappa shape index (κ1) is 13.3. The second-order valence-corrected chi connectivity index (χ2v) is 6.09. The molecule has 7 heteroatoms. The van der Waals surface area contributed by atoms with Gasteiger partial charge in [-0.05, 0) is 38.8 Å². The van der Waals surface area contributed by atoms with Crippen molar-refractivity contribution in [2.75, 3.05) is 0 Å². The monoisotopic (exact) mass is 259 g/mol. The average Bonchev–Trinajstić information content (AvgIpc) is 2.72. The molecule has 1 saturated carbocycles. The summed E-state index contributed by atoms with van der Waals surface area (Å²) in [6.45, 7) is 5.82. The topological polar surface area (TPSA) is 69.6 Å². The Hall–Kier alpha value is -1.11. The van der Waals surface area contributed by atoms with E-state index < -0.39 is 11.5 Å².